The van der Waals surface area contributed by atoms with Crippen molar-refractivity contribution < 1.29 is 14.4 Å². The van der Waals surface area contributed by atoms with Crippen molar-refractivity contribution in [3.05, 3.63) is 35.9 Å². The van der Waals surface area contributed by atoms with Gasteiger partial charge in [0.2, 0.25) is 17.7 Å². The van der Waals surface area contributed by atoms with Gasteiger partial charge in [0.05, 0.1) is 0 Å². The summed E-state index contributed by atoms with van der Waals surface area (Å²) in [7, 11) is 1.57. The number of piperidine rings is 1. The summed E-state index contributed by atoms with van der Waals surface area (Å²) in [4.78, 5) is 39.4. The fourth-order valence-electron chi connectivity index (χ4n) is 4.14. The van der Waals surface area contributed by atoms with Gasteiger partial charge >= 0.3 is 0 Å². The van der Waals surface area contributed by atoms with E-state index in [2.05, 4.69) is 10.6 Å². The van der Waals surface area contributed by atoms with Crippen molar-refractivity contribution in [2.24, 2.45) is 11.8 Å². The first-order valence-corrected chi connectivity index (χ1v) is 9.96. The number of nitrogens with zero attached hydrogens (tertiary/aromatic N) is 1. The van der Waals surface area contributed by atoms with Crippen LogP contribution in [0.1, 0.15) is 50.1 Å². The third-order valence-corrected chi connectivity index (χ3v) is 5.81. The molecule has 27 heavy (non-hydrogen) atoms. The zero-order chi connectivity index (χ0) is 19.2. The predicted octanol–water partition coefficient (Wildman–Crippen LogP) is 2.02. The van der Waals surface area contributed by atoms with Crippen LogP contribution in [-0.2, 0) is 14.4 Å². The normalized spacial score (nSPS) is 19.5. The number of benzene rings is 1. The van der Waals surface area contributed by atoms with E-state index in [1.54, 1.807) is 7.05 Å². The Labute approximate surface area is 160 Å². The van der Waals surface area contributed by atoms with E-state index in [9.17, 15) is 14.4 Å². The Kier molecular flexibility index (Phi) is 6.48. The predicted molar refractivity (Wildman–Crippen MR) is 103 cm³/mol. The summed E-state index contributed by atoms with van der Waals surface area (Å²) < 4.78 is 0. The van der Waals surface area contributed by atoms with Crippen LogP contribution in [-0.4, -0.2) is 42.8 Å². The Balaban J connectivity index is 1.56. The van der Waals surface area contributed by atoms with Gasteiger partial charge < -0.3 is 15.5 Å². The quantitative estimate of drug-likeness (QED) is 0.831. The number of amides is 3. The lowest BCUT2D eigenvalue weighted by Gasteiger charge is -2.33. The maximum atomic E-state index is 12.7. The molecule has 6 heteroatoms. The molecule has 1 aromatic carbocycles. The van der Waals surface area contributed by atoms with Gasteiger partial charge in [-0.3, -0.25) is 14.4 Å². The number of carbonyl (C=O) groups is 3. The van der Waals surface area contributed by atoms with E-state index < -0.39 is 6.04 Å². The molecule has 2 N–H and O–H groups in total. The Morgan fingerprint density at radius 1 is 0.963 bits per heavy atom. The molecule has 6 nitrogen and oxygen atoms in total. The van der Waals surface area contributed by atoms with Crippen LogP contribution in [0.5, 0.6) is 0 Å². The first-order valence-electron chi connectivity index (χ1n) is 9.96. The van der Waals surface area contributed by atoms with Gasteiger partial charge in [-0.1, -0.05) is 43.2 Å². The van der Waals surface area contributed by atoms with Crippen LogP contribution in [0, 0.1) is 11.8 Å². The molecule has 2 aliphatic rings. The molecule has 1 saturated carbocycles. The van der Waals surface area contributed by atoms with Gasteiger partial charge in [0, 0.05) is 32.0 Å². The van der Waals surface area contributed by atoms with Crippen LogP contribution in [0.25, 0.3) is 0 Å². The summed E-state index contributed by atoms with van der Waals surface area (Å²) in [6.07, 6.45) is 5.61. The standard InChI is InChI=1S/C21H29N3O3/c1-22-20(26)18(15-7-3-2-4-8-15)23-19(25)16-11-13-24(14-12-16)21(27)17-9-5-6-10-17/h2-4,7-8,16-18H,5-6,9-14H2,1H3,(H,22,26)(H,23,25)/t18-/m0/s1. The highest BCUT2D eigenvalue weighted by atomic mass is 16.2. The van der Waals surface area contributed by atoms with Crippen molar-refractivity contribution in [1.29, 1.82) is 0 Å². The topological polar surface area (TPSA) is 78.5 Å². The third-order valence-electron chi connectivity index (χ3n) is 5.81. The molecular formula is C21H29N3O3. The Morgan fingerprint density at radius 2 is 1.59 bits per heavy atom. The minimum Gasteiger partial charge on any atom is -0.357 e. The summed E-state index contributed by atoms with van der Waals surface area (Å²) in [5, 5.41) is 5.52. The molecular weight excluding hydrogens is 342 g/mol. The number of carbonyl (C=O) groups excluding carboxylic acids is 3. The van der Waals surface area contributed by atoms with Gasteiger partial charge in [0.15, 0.2) is 0 Å². The minimum absolute atomic E-state index is 0.111. The van der Waals surface area contributed by atoms with E-state index >= 15 is 0 Å². The average molecular weight is 371 g/mol. The summed E-state index contributed by atoms with van der Waals surface area (Å²) in [5.74, 6) is -0.0534. The summed E-state index contributed by atoms with van der Waals surface area (Å²) in [5.41, 5.74) is 0.763. The van der Waals surface area contributed by atoms with Crippen molar-refractivity contribution in [3.8, 4) is 0 Å². The number of hydrogen-bond acceptors (Lipinski definition) is 3. The molecule has 1 heterocycles. The zero-order valence-corrected chi connectivity index (χ0v) is 15.9. The maximum absolute atomic E-state index is 12.7. The first kappa shape index (κ1) is 19.4. The lowest BCUT2D eigenvalue weighted by Crippen LogP contribution is -2.47. The molecule has 3 rings (SSSR count). The van der Waals surface area contributed by atoms with E-state index in [0.29, 0.717) is 25.9 Å². The molecule has 0 bridgehead atoms. The van der Waals surface area contributed by atoms with Crippen LogP contribution < -0.4 is 10.6 Å². The molecule has 1 atom stereocenters. The maximum Gasteiger partial charge on any atom is 0.246 e. The molecule has 0 aromatic heterocycles. The van der Waals surface area contributed by atoms with Crippen LogP contribution in [0.3, 0.4) is 0 Å². The number of nitrogens with one attached hydrogen (secondary N) is 2. The van der Waals surface area contributed by atoms with Gasteiger partial charge in [-0.15, -0.1) is 0 Å². The van der Waals surface area contributed by atoms with E-state index in [4.69, 9.17) is 0 Å². The van der Waals surface area contributed by atoms with Crippen molar-refractivity contribution in [2.45, 2.75) is 44.6 Å². The Bertz CT molecular complexity index is 663. The minimum atomic E-state index is -0.693. The lowest BCUT2D eigenvalue weighted by molar-refractivity contribution is -0.139. The molecule has 0 unspecified atom stereocenters. The number of likely N-dealkylation sites (tertiary alicyclic amines) is 1. The van der Waals surface area contributed by atoms with Crippen molar-refractivity contribution in [2.75, 3.05) is 20.1 Å². The second kappa shape index (κ2) is 9.02. The Morgan fingerprint density at radius 3 is 2.19 bits per heavy atom. The highest BCUT2D eigenvalue weighted by Gasteiger charge is 2.33. The van der Waals surface area contributed by atoms with Gasteiger partial charge in [-0.2, -0.15) is 0 Å². The average Bonchev–Trinajstić information content (AvgIpc) is 3.26. The van der Waals surface area contributed by atoms with E-state index in [1.165, 1.54) is 0 Å². The van der Waals surface area contributed by atoms with Crippen molar-refractivity contribution in [1.82, 2.24) is 15.5 Å². The lowest BCUT2D eigenvalue weighted by atomic mass is 9.93. The smallest absolute Gasteiger partial charge is 0.246 e. The molecule has 3 amide bonds. The number of likely N-dealkylation sites (N-methyl/N-ethyl adjacent to an activating group) is 1. The SMILES string of the molecule is CNC(=O)[C@@H](NC(=O)C1CCN(C(=O)C2CCCC2)CC1)c1ccccc1. The van der Waals surface area contributed by atoms with E-state index in [1.807, 2.05) is 35.2 Å². The molecule has 1 aromatic rings. The molecule has 0 radical (unpaired) electrons. The van der Waals surface area contributed by atoms with Crippen LogP contribution in [0.2, 0.25) is 0 Å². The largest absolute Gasteiger partial charge is 0.357 e. The number of rotatable bonds is 5. The second-order valence-corrected chi connectivity index (χ2v) is 7.55. The fraction of sp³-hybridized carbons (Fsp3) is 0.571. The highest BCUT2D eigenvalue weighted by Crippen LogP contribution is 2.28. The Hall–Kier alpha value is -2.37. The molecule has 1 aliphatic heterocycles. The van der Waals surface area contributed by atoms with Crippen LogP contribution in [0.15, 0.2) is 30.3 Å². The molecule has 1 aliphatic carbocycles. The van der Waals surface area contributed by atoms with E-state index in [-0.39, 0.29) is 29.6 Å². The highest BCUT2D eigenvalue weighted by molar-refractivity contribution is 5.89. The first-order chi connectivity index (χ1) is 13.1. The molecule has 146 valence electrons. The van der Waals surface area contributed by atoms with Gasteiger partial charge in [0.1, 0.15) is 6.04 Å². The molecule has 0 spiro atoms. The van der Waals surface area contributed by atoms with Crippen molar-refractivity contribution in [3.63, 3.8) is 0 Å². The summed E-state index contributed by atoms with van der Waals surface area (Å²) in [6, 6.07) is 8.56. The van der Waals surface area contributed by atoms with Crippen LogP contribution in [0.4, 0.5) is 0 Å². The van der Waals surface area contributed by atoms with Gasteiger partial charge in [-0.05, 0) is 31.2 Å². The molecule has 2 fully saturated rings. The van der Waals surface area contributed by atoms with Crippen LogP contribution >= 0.6 is 0 Å². The summed E-state index contributed by atoms with van der Waals surface area (Å²) >= 11 is 0. The summed E-state index contributed by atoms with van der Waals surface area (Å²) in [6.45, 7) is 1.26. The van der Waals surface area contributed by atoms with Crippen molar-refractivity contribution >= 4 is 17.7 Å². The monoisotopic (exact) mass is 371 g/mol. The zero-order valence-electron chi connectivity index (χ0n) is 15.9. The van der Waals surface area contributed by atoms with Gasteiger partial charge in [0.25, 0.3) is 0 Å². The number of hydrogen-bond donors (Lipinski definition) is 2. The second-order valence-electron chi connectivity index (χ2n) is 7.55. The fourth-order valence-corrected chi connectivity index (χ4v) is 4.14. The van der Waals surface area contributed by atoms with Gasteiger partial charge in [-0.25, -0.2) is 0 Å². The van der Waals surface area contributed by atoms with E-state index in [0.717, 1.165) is 31.2 Å². The third kappa shape index (κ3) is 4.67. The molecule has 1 saturated heterocycles.